The van der Waals surface area contributed by atoms with Crippen LogP contribution in [0, 0.1) is 23.2 Å². The molecule has 0 radical (unpaired) electrons. The first kappa shape index (κ1) is 13.4. The molecule has 4 fully saturated rings. The van der Waals surface area contributed by atoms with E-state index in [2.05, 4.69) is 4.72 Å². The van der Waals surface area contributed by atoms with E-state index in [1.807, 2.05) is 0 Å². The van der Waals surface area contributed by atoms with Crippen molar-refractivity contribution in [2.75, 3.05) is 6.26 Å². The summed E-state index contributed by atoms with van der Waals surface area (Å²) < 4.78 is 25.3. The summed E-state index contributed by atoms with van der Waals surface area (Å²) >= 11 is 0. The van der Waals surface area contributed by atoms with Gasteiger partial charge in [0.25, 0.3) is 0 Å². The quantitative estimate of drug-likeness (QED) is 0.814. The van der Waals surface area contributed by atoms with E-state index in [-0.39, 0.29) is 5.41 Å². The zero-order chi connectivity index (χ0) is 13.8. The van der Waals surface area contributed by atoms with Gasteiger partial charge in [-0.25, -0.2) is 13.1 Å². The van der Waals surface area contributed by atoms with Gasteiger partial charge in [0.2, 0.25) is 10.0 Å². The SMILES string of the molecule is CS(=O)(=O)NC(C(=O)O)C12CC3CC(CC(C3)C1)C2. The highest BCUT2D eigenvalue weighted by atomic mass is 32.2. The van der Waals surface area contributed by atoms with E-state index in [0.717, 1.165) is 25.5 Å². The number of carboxylic acid groups (broad SMARTS) is 1. The Labute approximate surface area is 113 Å². The molecule has 4 aliphatic carbocycles. The topological polar surface area (TPSA) is 83.5 Å². The van der Waals surface area contributed by atoms with Crippen LogP contribution in [0.1, 0.15) is 38.5 Å². The zero-order valence-corrected chi connectivity index (χ0v) is 11.9. The molecule has 4 rings (SSSR count). The Kier molecular flexibility index (Phi) is 2.94. The summed E-state index contributed by atoms with van der Waals surface area (Å²) in [4.78, 5) is 11.6. The lowest BCUT2D eigenvalue weighted by molar-refractivity contribution is -0.150. The van der Waals surface area contributed by atoms with Gasteiger partial charge < -0.3 is 5.11 Å². The van der Waals surface area contributed by atoms with Gasteiger partial charge in [-0.15, -0.1) is 0 Å². The van der Waals surface area contributed by atoms with Crippen LogP contribution in [-0.4, -0.2) is 31.8 Å². The van der Waals surface area contributed by atoms with E-state index in [1.54, 1.807) is 0 Å². The van der Waals surface area contributed by atoms with Gasteiger partial charge in [-0.1, -0.05) is 0 Å². The van der Waals surface area contributed by atoms with Crippen molar-refractivity contribution in [1.82, 2.24) is 4.72 Å². The van der Waals surface area contributed by atoms with Crippen molar-refractivity contribution in [2.45, 2.75) is 44.6 Å². The first-order valence-corrected chi connectivity index (χ1v) is 8.87. The smallest absolute Gasteiger partial charge is 0.322 e. The molecule has 0 aliphatic heterocycles. The summed E-state index contributed by atoms with van der Waals surface area (Å²) in [5.74, 6) is 0.797. The van der Waals surface area contributed by atoms with Crippen LogP contribution in [0.3, 0.4) is 0 Å². The van der Waals surface area contributed by atoms with Crippen molar-refractivity contribution < 1.29 is 18.3 Å². The Morgan fingerprint density at radius 2 is 1.58 bits per heavy atom. The molecule has 0 aromatic carbocycles. The minimum atomic E-state index is -3.49. The standard InChI is InChI=1S/C13H21NO4S/c1-19(17,18)14-11(12(15)16)13-5-8-2-9(6-13)4-10(3-8)7-13/h8-11,14H,2-7H2,1H3,(H,15,16). The molecule has 1 atom stereocenters. The predicted octanol–water partition coefficient (Wildman–Crippen LogP) is 1.21. The van der Waals surface area contributed by atoms with Crippen molar-refractivity contribution in [2.24, 2.45) is 23.2 Å². The molecule has 0 saturated heterocycles. The highest BCUT2D eigenvalue weighted by molar-refractivity contribution is 7.88. The number of carboxylic acids is 1. The van der Waals surface area contributed by atoms with Gasteiger partial charge in [-0.3, -0.25) is 4.79 Å². The molecule has 1 unspecified atom stereocenters. The van der Waals surface area contributed by atoms with Crippen LogP contribution in [0.2, 0.25) is 0 Å². The van der Waals surface area contributed by atoms with Gasteiger partial charge in [0, 0.05) is 0 Å². The van der Waals surface area contributed by atoms with Gasteiger partial charge in [0.15, 0.2) is 0 Å². The number of rotatable bonds is 4. The second kappa shape index (κ2) is 4.19. The number of aliphatic carboxylic acids is 1. The number of hydrogen-bond donors (Lipinski definition) is 2. The van der Waals surface area contributed by atoms with Crippen LogP contribution < -0.4 is 4.72 Å². The summed E-state index contributed by atoms with van der Waals surface area (Å²) in [7, 11) is -3.49. The average molecular weight is 287 g/mol. The minimum absolute atomic E-state index is 0.344. The van der Waals surface area contributed by atoms with E-state index in [1.165, 1.54) is 19.3 Å². The number of sulfonamides is 1. The van der Waals surface area contributed by atoms with Crippen molar-refractivity contribution in [3.8, 4) is 0 Å². The Balaban J connectivity index is 1.91. The molecular formula is C13H21NO4S. The number of hydrogen-bond acceptors (Lipinski definition) is 3. The second-order valence-electron chi connectivity index (χ2n) is 6.94. The number of nitrogens with one attached hydrogen (secondary N) is 1. The molecule has 6 heteroatoms. The lowest BCUT2D eigenvalue weighted by Crippen LogP contribution is -2.59. The summed E-state index contributed by atoms with van der Waals surface area (Å²) in [5.41, 5.74) is -0.344. The van der Waals surface area contributed by atoms with Gasteiger partial charge in [0.1, 0.15) is 6.04 Å². The maximum Gasteiger partial charge on any atom is 0.322 e. The van der Waals surface area contributed by atoms with E-state index in [9.17, 15) is 18.3 Å². The zero-order valence-electron chi connectivity index (χ0n) is 11.1. The molecule has 19 heavy (non-hydrogen) atoms. The number of carbonyl (C=O) groups is 1. The van der Waals surface area contributed by atoms with Crippen molar-refractivity contribution >= 4 is 16.0 Å². The molecule has 0 amide bonds. The van der Waals surface area contributed by atoms with Crippen LogP contribution in [0.15, 0.2) is 0 Å². The summed E-state index contributed by atoms with van der Waals surface area (Å²) in [6.45, 7) is 0. The monoisotopic (exact) mass is 287 g/mol. The molecule has 0 spiro atoms. The lowest BCUT2D eigenvalue weighted by atomic mass is 9.48. The largest absolute Gasteiger partial charge is 0.480 e. The van der Waals surface area contributed by atoms with Gasteiger partial charge in [-0.05, 0) is 61.7 Å². The van der Waals surface area contributed by atoms with E-state index >= 15 is 0 Å². The lowest BCUT2D eigenvalue weighted by Gasteiger charge is -2.58. The Hall–Kier alpha value is -0.620. The fourth-order valence-electron chi connectivity index (χ4n) is 5.18. The Morgan fingerprint density at radius 1 is 1.16 bits per heavy atom. The van der Waals surface area contributed by atoms with Crippen molar-refractivity contribution in [3.05, 3.63) is 0 Å². The summed E-state index contributed by atoms with van der Waals surface area (Å²) in [6.07, 6.45) is 7.30. The van der Waals surface area contributed by atoms with Crippen LogP contribution in [0.4, 0.5) is 0 Å². The highest BCUT2D eigenvalue weighted by Crippen LogP contribution is 2.61. The maximum atomic E-state index is 11.6. The Morgan fingerprint density at radius 3 is 1.89 bits per heavy atom. The predicted molar refractivity (Wildman–Crippen MR) is 70.0 cm³/mol. The molecule has 4 saturated carbocycles. The van der Waals surface area contributed by atoms with E-state index in [0.29, 0.717) is 17.8 Å². The molecule has 0 aromatic heterocycles. The van der Waals surface area contributed by atoms with Gasteiger partial charge >= 0.3 is 5.97 Å². The fourth-order valence-corrected chi connectivity index (χ4v) is 5.96. The van der Waals surface area contributed by atoms with Crippen LogP contribution in [0.25, 0.3) is 0 Å². The van der Waals surface area contributed by atoms with Crippen molar-refractivity contribution in [3.63, 3.8) is 0 Å². The highest BCUT2D eigenvalue weighted by Gasteiger charge is 2.56. The molecule has 4 bridgehead atoms. The molecule has 0 aromatic rings. The van der Waals surface area contributed by atoms with Crippen LogP contribution in [0.5, 0.6) is 0 Å². The van der Waals surface area contributed by atoms with Gasteiger partial charge in [0.05, 0.1) is 6.26 Å². The third kappa shape index (κ3) is 2.40. The molecule has 0 heterocycles. The fraction of sp³-hybridized carbons (Fsp3) is 0.923. The van der Waals surface area contributed by atoms with Crippen LogP contribution >= 0.6 is 0 Å². The third-order valence-electron chi connectivity index (χ3n) is 5.28. The molecular weight excluding hydrogens is 266 g/mol. The Bertz CT molecular complexity index is 463. The van der Waals surface area contributed by atoms with Crippen LogP contribution in [-0.2, 0) is 14.8 Å². The molecule has 108 valence electrons. The normalized spacial score (nSPS) is 42.3. The van der Waals surface area contributed by atoms with Gasteiger partial charge in [-0.2, -0.15) is 0 Å². The molecule has 5 nitrogen and oxygen atoms in total. The first-order valence-electron chi connectivity index (χ1n) is 6.97. The van der Waals surface area contributed by atoms with E-state index in [4.69, 9.17) is 0 Å². The summed E-state index contributed by atoms with van der Waals surface area (Å²) in [5, 5.41) is 9.47. The average Bonchev–Trinajstić information content (AvgIpc) is 2.22. The molecule has 2 N–H and O–H groups in total. The first-order chi connectivity index (χ1) is 8.77. The van der Waals surface area contributed by atoms with Crippen molar-refractivity contribution in [1.29, 1.82) is 0 Å². The maximum absolute atomic E-state index is 11.6. The van der Waals surface area contributed by atoms with E-state index < -0.39 is 22.0 Å². The second-order valence-corrected chi connectivity index (χ2v) is 8.72. The summed E-state index contributed by atoms with van der Waals surface area (Å²) in [6, 6.07) is -0.948. The molecule has 4 aliphatic rings. The third-order valence-corrected chi connectivity index (χ3v) is 5.94. The minimum Gasteiger partial charge on any atom is -0.480 e.